The molecule has 1 aliphatic rings. The number of benzene rings is 1. The summed E-state index contributed by atoms with van der Waals surface area (Å²) >= 11 is 1.56. The second kappa shape index (κ2) is 4.78. The summed E-state index contributed by atoms with van der Waals surface area (Å²) in [6, 6.07) is 8.11. The fourth-order valence-corrected chi connectivity index (χ4v) is 2.30. The van der Waals surface area contributed by atoms with Crippen molar-refractivity contribution in [1.82, 2.24) is 4.90 Å². The molecule has 0 spiro atoms. The molecule has 0 bridgehead atoms. The van der Waals surface area contributed by atoms with Gasteiger partial charge in [-0.25, -0.2) is 0 Å². The van der Waals surface area contributed by atoms with Gasteiger partial charge in [-0.3, -0.25) is 4.79 Å². The van der Waals surface area contributed by atoms with E-state index < -0.39 is 0 Å². The highest BCUT2D eigenvalue weighted by Crippen LogP contribution is 2.27. The predicted molar refractivity (Wildman–Crippen MR) is 67.4 cm³/mol. The summed E-state index contributed by atoms with van der Waals surface area (Å²) in [6.45, 7) is 0. The van der Waals surface area contributed by atoms with E-state index in [9.17, 15) is 4.79 Å². The van der Waals surface area contributed by atoms with Crippen LogP contribution in [0, 0.1) is 0 Å². The summed E-state index contributed by atoms with van der Waals surface area (Å²) in [4.78, 5) is 14.7. The molecule has 1 aromatic carbocycles. The Morgan fingerprint density at radius 3 is 2.62 bits per heavy atom. The third kappa shape index (κ3) is 2.92. The predicted octanol–water partition coefficient (Wildman–Crippen LogP) is 1.98. The minimum absolute atomic E-state index is 0.212. The van der Waals surface area contributed by atoms with Crippen LogP contribution in [0.25, 0.3) is 0 Å². The number of anilines is 1. The van der Waals surface area contributed by atoms with Crippen LogP contribution in [0.5, 0.6) is 0 Å². The van der Waals surface area contributed by atoms with Crippen LogP contribution in [0.3, 0.4) is 0 Å². The highest BCUT2D eigenvalue weighted by Gasteiger charge is 2.29. The van der Waals surface area contributed by atoms with E-state index in [-0.39, 0.29) is 5.91 Å². The lowest BCUT2D eigenvalue weighted by atomic mass is 10.3. The Balaban J connectivity index is 1.82. The van der Waals surface area contributed by atoms with Gasteiger partial charge in [-0.1, -0.05) is 0 Å². The molecule has 0 saturated heterocycles. The van der Waals surface area contributed by atoms with Gasteiger partial charge in [0.05, 0.1) is 5.75 Å². The SMILES string of the molecule is CN(C(=O)CSc1ccc(N)cc1)C1CC1. The van der Waals surface area contributed by atoms with Gasteiger partial charge in [-0.15, -0.1) is 11.8 Å². The second-order valence-corrected chi connectivity index (χ2v) is 5.14. The quantitative estimate of drug-likeness (QED) is 0.642. The normalized spacial score (nSPS) is 14.8. The lowest BCUT2D eigenvalue weighted by molar-refractivity contribution is -0.127. The topological polar surface area (TPSA) is 46.3 Å². The van der Waals surface area contributed by atoms with E-state index >= 15 is 0 Å². The third-order valence-electron chi connectivity index (χ3n) is 2.73. The zero-order valence-corrected chi connectivity index (χ0v) is 10.2. The minimum atomic E-state index is 0.212. The third-order valence-corrected chi connectivity index (χ3v) is 3.73. The number of hydrogen-bond donors (Lipinski definition) is 1. The number of amides is 1. The van der Waals surface area contributed by atoms with Crippen molar-refractivity contribution in [3.05, 3.63) is 24.3 Å². The molecule has 4 heteroatoms. The second-order valence-electron chi connectivity index (χ2n) is 4.09. The zero-order chi connectivity index (χ0) is 11.5. The molecule has 2 rings (SSSR count). The first-order chi connectivity index (χ1) is 7.66. The maximum atomic E-state index is 11.7. The molecule has 1 fully saturated rings. The van der Waals surface area contributed by atoms with Gasteiger partial charge in [0.25, 0.3) is 0 Å². The molecule has 1 aromatic rings. The first-order valence-corrected chi connectivity index (χ1v) is 6.39. The lowest BCUT2D eigenvalue weighted by Gasteiger charge is -2.15. The van der Waals surface area contributed by atoms with Crippen LogP contribution in [0.15, 0.2) is 29.2 Å². The van der Waals surface area contributed by atoms with Crippen molar-refractivity contribution in [2.45, 2.75) is 23.8 Å². The molecule has 86 valence electrons. The molecule has 0 radical (unpaired) electrons. The fraction of sp³-hybridized carbons (Fsp3) is 0.417. The van der Waals surface area contributed by atoms with Crippen molar-refractivity contribution in [1.29, 1.82) is 0 Å². The van der Waals surface area contributed by atoms with E-state index in [0.29, 0.717) is 11.8 Å². The van der Waals surface area contributed by atoms with E-state index in [2.05, 4.69) is 0 Å². The van der Waals surface area contributed by atoms with Gasteiger partial charge in [0.1, 0.15) is 0 Å². The standard InChI is InChI=1S/C12H16N2OS/c1-14(10-4-5-10)12(15)8-16-11-6-2-9(13)3-7-11/h2-3,6-7,10H,4-5,8,13H2,1H3. The number of carbonyl (C=O) groups is 1. The summed E-state index contributed by atoms with van der Waals surface area (Å²) in [6.07, 6.45) is 2.32. The minimum Gasteiger partial charge on any atom is -0.399 e. The van der Waals surface area contributed by atoms with Gasteiger partial charge >= 0.3 is 0 Å². The Kier molecular flexibility index (Phi) is 3.39. The zero-order valence-electron chi connectivity index (χ0n) is 9.35. The van der Waals surface area contributed by atoms with Gasteiger partial charge in [-0.2, -0.15) is 0 Å². The molecule has 0 atom stereocenters. The molecule has 0 heterocycles. The number of nitrogens with zero attached hydrogens (tertiary/aromatic N) is 1. The van der Waals surface area contributed by atoms with E-state index in [1.165, 1.54) is 0 Å². The van der Waals surface area contributed by atoms with Crippen LogP contribution in [0.1, 0.15) is 12.8 Å². The Bertz CT molecular complexity index is 373. The lowest BCUT2D eigenvalue weighted by Crippen LogP contribution is -2.30. The maximum absolute atomic E-state index is 11.7. The van der Waals surface area contributed by atoms with Gasteiger partial charge in [0.15, 0.2) is 0 Å². The van der Waals surface area contributed by atoms with Crippen molar-refractivity contribution >= 4 is 23.4 Å². The number of hydrogen-bond acceptors (Lipinski definition) is 3. The Morgan fingerprint density at radius 1 is 1.44 bits per heavy atom. The molecule has 1 aliphatic carbocycles. The molecule has 1 saturated carbocycles. The van der Waals surface area contributed by atoms with Crippen LogP contribution in [-0.4, -0.2) is 29.6 Å². The summed E-state index contributed by atoms with van der Waals surface area (Å²) < 4.78 is 0. The van der Waals surface area contributed by atoms with Gasteiger partial charge in [0.2, 0.25) is 5.91 Å². The van der Waals surface area contributed by atoms with Crippen LogP contribution in [0.2, 0.25) is 0 Å². The van der Waals surface area contributed by atoms with E-state index in [1.54, 1.807) is 11.8 Å². The van der Waals surface area contributed by atoms with Gasteiger partial charge in [0, 0.05) is 23.7 Å². The summed E-state index contributed by atoms with van der Waals surface area (Å²) in [5, 5.41) is 0. The molecule has 0 aliphatic heterocycles. The van der Waals surface area contributed by atoms with Crippen LogP contribution < -0.4 is 5.73 Å². The molecular formula is C12H16N2OS. The monoisotopic (exact) mass is 236 g/mol. The summed E-state index contributed by atoms with van der Waals surface area (Å²) in [5.74, 6) is 0.723. The molecule has 0 aromatic heterocycles. The van der Waals surface area contributed by atoms with Gasteiger partial charge < -0.3 is 10.6 Å². The van der Waals surface area contributed by atoms with Crippen LogP contribution in [-0.2, 0) is 4.79 Å². The Labute approximate surface area is 100.0 Å². The largest absolute Gasteiger partial charge is 0.399 e. The molecule has 16 heavy (non-hydrogen) atoms. The van der Waals surface area contributed by atoms with E-state index in [0.717, 1.165) is 23.4 Å². The number of nitrogen functional groups attached to an aromatic ring is 1. The first-order valence-electron chi connectivity index (χ1n) is 5.41. The summed E-state index contributed by atoms with van der Waals surface area (Å²) in [5.41, 5.74) is 6.35. The molecule has 0 unspecified atom stereocenters. The number of rotatable bonds is 4. The number of thioether (sulfide) groups is 1. The van der Waals surface area contributed by atoms with E-state index in [1.807, 2.05) is 36.2 Å². The van der Waals surface area contributed by atoms with Crippen molar-refractivity contribution in [2.24, 2.45) is 0 Å². The highest BCUT2D eigenvalue weighted by molar-refractivity contribution is 8.00. The number of nitrogens with two attached hydrogens (primary N) is 1. The highest BCUT2D eigenvalue weighted by atomic mass is 32.2. The van der Waals surface area contributed by atoms with Crippen molar-refractivity contribution in [3.63, 3.8) is 0 Å². The fourth-order valence-electron chi connectivity index (χ4n) is 1.48. The van der Waals surface area contributed by atoms with Crippen molar-refractivity contribution in [2.75, 3.05) is 18.5 Å². The van der Waals surface area contributed by atoms with Crippen LogP contribution >= 0.6 is 11.8 Å². The average molecular weight is 236 g/mol. The Morgan fingerprint density at radius 2 is 2.06 bits per heavy atom. The average Bonchev–Trinajstić information content (AvgIpc) is 3.11. The Hall–Kier alpha value is -1.16. The molecule has 2 N–H and O–H groups in total. The molecule has 1 amide bonds. The van der Waals surface area contributed by atoms with E-state index in [4.69, 9.17) is 5.73 Å². The number of carbonyl (C=O) groups excluding carboxylic acids is 1. The molecular weight excluding hydrogens is 220 g/mol. The maximum Gasteiger partial charge on any atom is 0.232 e. The first kappa shape index (κ1) is 11.3. The van der Waals surface area contributed by atoms with Gasteiger partial charge in [-0.05, 0) is 37.1 Å². The van der Waals surface area contributed by atoms with Crippen molar-refractivity contribution in [3.8, 4) is 0 Å². The molecule has 3 nitrogen and oxygen atoms in total. The van der Waals surface area contributed by atoms with Crippen molar-refractivity contribution < 1.29 is 4.79 Å². The van der Waals surface area contributed by atoms with Crippen LogP contribution in [0.4, 0.5) is 5.69 Å². The smallest absolute Gasteiger partial charge is 0.232 e. The summed E-state index contributed by atoms with van der Waals surface area (Å²) in [7, 11) is 1.89.